The quantitative estimate of drug-likeness (QED) is 0.823. The lowest BCUT2D eigenvalue weighted by atomic mass is 9.90. The summed E-state index contributed by atoms with van der Waals surface area (Å²) in [5, 5.41) is 4.41. The molecular formula is C18H20ClN. The molecule has 0 bridgehead atoms. The number of benzene rings is 2. The maximum Gasteiger partial charge on any atom is 0.0458 e. The Morgan fingerprint density at radius 2 is 1.95 bits per heavy atom. The second-order valence-corrected chi connectivity index (χ2v) is 6.01. The molecule has 0 fully saturated rings. The SMILES string of the molecule is Cc1ccc(CNc2cccc3c2CCCC3)c(Cl)c1. The van der Waals surface area contributed by atoms with Gasteiger partial charge in [0.15, 0.2) is 0 Å². The molecule has 1 aliphatic rings. The molecule has 1 nitrogen and oxygen atoms in total. The summed E-state index contributed by atoms with van der Waals surface area (Å²) in [6.45, 7) is 2.85. The molecule has 0 spiro atoms. The molecule has 1 N–H and O–H groups in total. The van der Waals surface area contributed by atoms with Gasteiger partial charge >= 0.3 is 0 Å². The predicted octanol–water partition coefficient (Wildman–Crippen LogP) is 5.14. The summed E-state index contributed by atoms with van der Waals surface area (Å²) >= 11 is 6.30. The van der Waals surface area contributed by atoms with Crippen molar-refractivity contribution in [2.24, 2.45) is 0 Å². The molecule has 104 valence electrons. The highest BCUT2D eigenvalue weighted by Crippen LogP contribution is 2.28. The van der Waals surface area contributed by atoms with Gasteiger partial charge < -0.3 is 5.32 Å². The summed E-state index contributed by atoms with van der Waals surface area (Å²) in [5.74, 6) is 0. The first-order valence-electron chi connectivity index (χ1n) is 7.34. The van der Waals surface area contributed by atoms with Gasteiger partial charge in [0, 0.05) is 17.3 Å². The number of rotatable bonds is 3. The monoisotopic (exact) mass is 285 g/mol. The molecule has 20 heavy (non-hydrogen) atoms. The Morgan fingerprint density at radius 1 is 1.10 bits per heavy atom. The van der Waals surface area contributed by atoms with Gasteiger partial charge in [-0.2, -0.15) is 0 Å². The van der Waals surface area contributed by atoms with Crippen LogP contribution in [0.4, 0.5) is 5.69 Å². The van der Waals surface area contributed by atoms with Crippen molar-refractivity contribution in [2.45, 2.75) is 39.2 Å². The van der Waals surface area contributed by atoms with E-state index in [1.165, 1.54) is 48.1 Å². The molecule has 0 saturated heterocycles. The minimum atomic E-state index is 0.787. The van der Waals surface area contributed by atoms with Crippen LogP contribution in [0.15, 0.2) is 36.4 Å². The van der Waals surface area contributed by atoms with Crippen molar-refractivity contribution in [1.82, 2.24) is 0 Å². The average molecular weight is 286 g/mol. The summed E-state index contributed by atoms with van der Waals surface area (Å²) in [6.07, 6.45) is 5.04. The Balaban J connectivity index is 1.78. The van der Waals surface area contributed by atoms with Crippen molar-refractivity contribution >= 4 is 17.3 Å². The van der Waals surface area contributed by atoms with Crippen LogP contribution in [0.25, 0.3) is 0 Å². The highest BCUT2D eigenvalue weighted by atomic mass is 35.5. The predicted molar refractivity (Wildman–Crippen MR) is 86.6 cm³/mol. The molecule has 3 rings (SSSR count). The number of nitrogens with one attached hydrogen (secondary N) is 1. The molecule has 0 heterocycles. The summed E-state index contributed by atoms with van der Waals surface area (Å²) in [5.41, 5.74) is 6.65. The van der Waals surface area contributed by atoms with Crippen molar-refractivity contribution in [3.63, 3.8) is 0 Å². The van der Waals surface area contributed by atoms with E-state index in [0.29, 0.717) is 0 Å². The summed E-state index contributed by atoms with van der Waals surface area (Å²) in [4.78, 5) is 0. The molecule has 0 saturated carbocycles. The van der Waals surface area contributed by atoms with E-state index < -0.39 is 0 Å². The smallest absolute Gasteiger partial charge is 0.0458 e. The fourth-order valence-corrected chi connectivity index (χ4v) is 3.24. The number of hydrogen-bond donors (Lipinski definition) is 1. The average Bonchev–Trinajstić information content (AvgIpc) is 2.46. The van der Waals surface area contributed by atoms with Crippen LogP contribution in [0.3, 0.4) is 0 Å². The first kappa shape index (κ1) is 13.5. The van der Waals surface area contributed by atoms with Gasteiger partial charge in [0.25, 0.3) is 0 Å². The molecule has 0 aliphatic heterocycles. The van der Waals surface area contributed by atoms with Crippen molar-refractivity contribution in [3.05, 3.63) is 63.7 Å². The maximum absolute atomic E-state index is 6.30. The summed E-state index contributed by atoms with van der Waals surface area (Å²) in [6, 6.07) is 12.9. The van der Waals surface area contributed by atoms with E-state index >= 15 is 0 Å². The van der Waals surface area contributed by atoms with E-state index in [1.54, 1.807) is 0 Å². The second-order valence-electron chi connectivity index (χ2n) is 5.60. The topological polar surface area (TPSA) is 12.0 Å². The first-order valence-corrected chi connectivity index (χ1v) is 7.71. The Hall–Kier alpha value is -1.47. The van der Waals surface area contributed by atoms with Gasteiger partial charge in [-0.05, 0) is 67.0 Å². The number of anilines is 1. The van der Waals surface area contributed by atoms with Gasteiger partial charge in [-0.1, -0.05) is 35.9 Å². The summed E-state index contributed by atoms with van der Waals surface area (Å²) in [7, 11) is 0. The molecular weight excluding hydrogens is 266 g/mol. The third kappa shape index (κ3) is 2.83. The first-order chi connectivity index (χ1) is 9.74. The molecule has 0 aromatic heterocycles. The van der Waals surface area contributed by atoms with Crippen LogP contribution in [0.1, 0.15) is 35.1 Å². The zero-order chi connectivity index (χ0) is 13.9. The van der Waals surface area contributed by atoms with Crippen molar-refractivity contribution in [3.8, 4) is 0 Å². The zero-order valence-corrected chi connectivity index (χ0v) is 12.6. The second kappa shape index (κ2) is 5.88. The summed E-state index contributed by atoms with van der Waals surface area (Å²) < 4.78 is 0. The minimum absolute atomic E-state index is 0.787. The van der Waals surface area contributed by atoms with Gasteiger partial charge in [-0.3, -0.25) is 0 Å². The lowest BCUT2D eigenvalue weighted by Gasteiger charge is -2.20. The normalized spacial score (nSPS) is 13.9. The van der Waals surface area contributed by atoms with Crippen molar-refractivity contribution < 1.29 is 0 Å². The largest absolute Gasteiger partial charge is 0.381 e. The van der Waals surface area contributed by atoms with Crippen molar-refractivity contribution in [1.29, 1.82) is 0 Å². The fourth-order valence-electron chi connectivity index (χ4n) is 2.93. The van der Waals surface area contributed by atoms with E-state index in [1.807, 2.05) is 6.07 Å². The minimum Gasteiger partial charge on any atom is -0.381 e. The maximum atomic E-state index is 6.30. The molecule has 2 aromatic rings. The number of halogens is 1. The van der Waals surface area contributed by atoms with Crippen LogP contribution in [0.5, 0.6) is 0 Å². The van der Waals surface area contributed by atoms with E-state index in [2.05, 4.69) is 42.6 Å². The van der Waals surface area contributed by atoms with Crippen LogP contribution in [0.2, 0.25) is 5.02 Å². The van der Waals surface area contributed by atoms with E-state index in [4.69, 9.17) is 11.6 Å². The molecule has 0 atom stereocenters. The van der Waals surface area contributed by atoms with Gasteiger partial charge in [0.2, 0.25) is 0 Å². The number of hydrogen-bond acceptors (Lipinski definition) is 1. The molecule has 0 amide bonds. The molecule has 0 unspecified atom stereocenters. The van der Waals surface area contributed by atoms with Crippen LogP contribution in [0, 0.1) is 6.92 Å². The van der Waals surface area contributed by atoms with E-state index in [-0.39, 0.29) is 0 Å². The molecule has 0 radical (unpaired) electrons. The third-order valence-corrected chi connectivity index (χ3v) is 4.43. The Bertz CT molecular complexity index is 619. The van der Waals surface area contributed by atoms with E-state index in [0.717, 1.165) is 17.1 Å². The molecule has 1 aliphatic carbocycles. The van der Waals surface area contributed by atoms with Crippen LogP contribution in [-0.2, 0) is 19.4 Å². The highest BCUT2D eigenvalue weighted by Gasteiger charge is 2.12. The zero-order valence-electron chi connectivity index (χ0n) is 11.9. The van der Waals surface area contributed by atoms with Crippen LogP contribution >= 0.6 is 11.6 Å². The van der Waals surface area contributed by atoms with Crippen LogP contribution in [-0.4, -0.2) is 0 Å². The molecule has 2 aromatic carbocycles. The Morgan fingerprint density at radius 3 is 2.80 bits per heavy atom. The Labute approximate surface area is 126 Å². The fraction of sp³-hybridized carbons (Fsp3) is 0.333. The third-order valence-electron chi connectivity index (χ3n) is 4.07. The van der Waals surface area contributed by atoms with Gasteiger partial charge in [0.1, 0.15) is 0 Å². The van der Waals surface area contributed by atoms with Gasteiger partial charge in [-0.15, -0.1) is 0 Å². The van der Waals surface area contributed by atoms with E-state index in [9.17, 15) is 0 Å². The van der Waals surface area contributed by atoms with Gasteiger partial charge in [0.05, 0.1) is 0 Å². The van der Waals surface area contributed by atoms with Crippen LogP contribution < -0.4 is 5.32 Å². The number of fused-ring (bicyclic) bond motifs is 1. The number of aryl methyl sites for hydroxylation is 2. The lowest BCUT2D eigenvalue weighted by molar-refractivity contribution is 0.686. The van der Waals surface area contributed by atoms with Crippen molar-refractivity contribution in [2.75, 3.05) is 5.32 Å². The standard InChI is InChI=1S/C18H20ClN/c1-13-9-10-15(17(19)11-13)12-20-18-8-4-6-14-5-2-3-7-16(14)18/h4,6,8-11,20H,2-3,5,7,12H2,1H3. The highest BCUT2D eigenvalue weighted by molar-refractivity contribution is 6.31. The van der Waals surface area contributed by atoms with Gasteiger partial charge in [-0.25, -0.2) is 0 Å². The Kier molecular flexibility index (Phi) is 3.98. The molecule has 2 heteroatoms. The lowest BCUT2D eigenvalue weighted by Crippen LogP contribution is -2.08.